The van der Waals surface area contributed by atoms with E-state index in [4.69, 9.17) is 14.2 Å². The van der Waals surface area contributed by atoms with Crippen LogP contribution in [0.3, 0.4) is 0 Å². The molecule has 3 aromatic rings. The maximum absolute atomic E-state index is 12.3. The largest absolute Gasteiger partial charge is 0.490 e. The van der Waals surface area contributed by atoms with Gasteiger partial charge < -0.3 is 14.2 Å². The Hall–Kier alpha value is -4.13. The van der Waals surface area contributed by atoms with Gasteiger partial charge in [0.1, 0.15) is 5.75 Å². The Morgan fingerprint density at radius 2 is 1.66 bits per heavy atom. The zero-order chi connectivity index (χ0) is 22.8. The van der Waals surface area contributed by atoms with E-state index >= 15 is 0 Å². The molecule has 3 aromatic carbocycles. The van der Waals surface area contributed by atoms with Gasteiger partial charge in [0.15, 0.2) is 18.1 Å². The Balaban J connectivity index is 1.59. The Morgan fingerprint density at radius 1 is 0.906 bits per heavy atom. The van der Waals surface area contributed by atoms with Gasteiger partial charge in [-0.2, -0.15) is 5.10 Å². The number of ether oxygens (including phenoxy) is 3. The second-order valence-electron chi connectivity index (χ2n) is 6.74. The van der Waals surface area contributed by atoms with Crippen LogP contribution in [0.1, 0.15) is 28.4 Å². The molecule has 0 aromatic heterocycles. The van der Waals surface area contributed by atoms with E-state index in [2.05, 4.69) is 10.5 Å². The summed E-state index contributed by atoms with van der Waals surface area (Å²) in [6, 6.07) is 21.2. The first-order valence-electron chi connectivity index (χ1n) is 10.1. The minimum atomic E-state index is -0.478. The first kappa shape index (κ1) is 22.6. The minimum Gasteiger partial charge on any atom is -0.490 e. The third-order valence-electron chi connectivity index (χ3n) is 4.33. The normalized spacial score (nSPS) is 10.6. The molecule has 0 radical (unpaired) electrons. The average molecular weight is 432 g/mol. The molecule has 0 heterocycles. The number of nitrogens with zero attached hydrogens (tertiary/aromatic N) is 1. The predicted molar refractivity (Wildman–Crippen MR) is 121 cm³/mol. The molecule has 3 rings (SSSR count). The lowest BCUT2D eigenvalue weighted by molar-refractivity contribution is -0.123. The average Bonchev–Trinajstić information content (AvgIpc) is 2.81. The molecule has 7 nitrogen and oxygen atoms in total. The molecular weight excluding hydrogens is 408 g/mol. The van der Waals surface area contributed by atoms with Crippen LogP contribution < -0.4 is 19.6 Å². The van der Waals surface area contributed by atoms with Gasteiger partial charge in [-0.15, -0.1) is 0 Å². The number of benzene rings is 3. The molecule has 32 heavy (non-hydrogen) atoms. The molecule has 0 aliphatic rings. The van der Waals surface area contributed by atoms with Crippen molar-refractivity contribution in [1.29, 1.82) is 0 Å². The molecule has 164 valence electrons. The van der Waals surface area contributed by atoms with Gasteiger partial charge in [0.2, 0.25) is 0 Å². The monoisotopic (exact) mass is 432 g/mol. The van der Waals surface area contributed by atoms with Crippen LogP contribution in [-0.2, 0) is 4.79 Å². The molecule has 0 saturated carbocycles. The maximum Gasteiger partial charge on any atom is 0.343 e. The summed E-state index contributed by atoms with van der Waals surface area (Å²) in [5.41, 5.74) is 4.47. The molecule has 0 spiro atoms. The summed E-state index contributed by atoms with van der Waals surface area (Å²) in [7, 11) is 0. The Morgan fingerprint density at radius 3 is 2.41 bits per heavy atom. The number of nitrogens with one attached hydrogen (secondary N) is 1. The molecule has 1 amide bonds. The minimum absolute atomic E-state index is 0.152. The van der Waals surface area contributed by atoms with Crippen molar-refractivity contribution in [1.82, 2.24) is 5.43 Å². The number of para-hydroxylation sites is 1. The number of rotatable bonds is 9. The quantitative estimate of drug-likeness (QED) is 0.238. The van der Waals surface area contributed by atoms with Crippen molar-refractivity contribution in [2.75, 3.05) is 13.2 Å². The molecule has 7 heteroatoms. The third-order valence-corrected chi connectivity index (χ3v) is 4.33. The molecule has 0 fully saturated rings. The summed E-state index contributed by atoms with van der Waals surface area (Å²) in [5, 5.41) is 3.95. The molecule has 0 bridgehead atoms. The number of hydrogen-bond acceptors (Lipinski definition) is 6. The number of hydrazone groups is 1. The van der Waals surface area contributed by atoms with E-state index in [0.717, 1.165) is 5.56 Å². The van der Waals surface area contributed by atoms with Gasteiger partial charge in [0.05, 0.1) is 18.4 Å². The van der Waals surface area contributed by atoms with E-state index in [-0.39, 0.29) is 12.5 Å². The van der Waals surface area contributed by atoms with Crippen molar-refractivity contribution < 1.29 is 23.8 Å². The molecule has 0 aliphatic carbocycles. The van der Waals surface area contributed by atoms with Gasteiger partial charge >= 0.3 is 5.97 Å². The van der Waals surface area contributed by atoms with Crippen molar-refractivity contribution in [3.8, 4) is 17.2 Å². The summed E-state index contributed by atoms with van der Waals surface area (Å²) < 4.78 is 16.6. The lowest BCUT2D eigenvalue weighted by Crippen LogP contribution is -2.24. The first-order chi connectivity index (χ1) is 15.6. The lowest BCUT2D eigenvalue weighted by atomic mass is 10.2. The van der Waals surface area contributed by atoms with E-state index in [9.17, 15) is 9.59 Å². The Bertz CT molecular complexity index is 1100. The van der Waals surface area contributed by atoms with Crippen molar-refractivity contribution in [2.24, 2.45) is 5.10 Å². The summed E-state index contributed by atoms with van der Waals surface area (Å²) >= 11 is 0. The fourth-order valence-corrected chi connectivity index (χ4v) is 2.76. The van der Waals surface area contributed by atoms with Crippen LogP contribution >= 0.6 is 0 Å². The van der Waals surface area contributed by atoms with Crippen molar-refractivity contribution >= 4 is 18.1 Å². The van der Waals surface area contributed by atoms with Gasteiger partial charge in [-0.3, -0.25) is 4.79 Å². The fourth-order valence-electron chi connectivity index (χ4n) is 2.76. The zero-order valence-electron chi connectivity index (χ0n) is 17.9. The van der Waals surface area contributed by atoms with Crippen LogP contribution in [0.4, 0.5) is 0 Å². The van der Waals surface area contributed by atoms with Crippen molar-refractivity contribution in [3.05, 3.63) is 89.5 Å². The highest BCUT2D eigenvalue weighted by molar-refractivity contribution is 5.91. The van der Waals surface area contributed by atoms with Gasteiger partial charge in [0, 0.05) is 0 Å². The van der Waals surface area contributed by atoms with Crippen LogP contribution in [0.5, 0.6) is 17.2 Å². The van der Waals surface area contributed by atoms with Crippen LogP contribution in [0.2, 0.25) is 0 Å². The second kappa shape index (κ2) is 11.3. The maximum atomic E-state index is 12.3. The molecular formula is C25H24N2O5. The van der Waals surface area contributed by atoms with E-state index in [1.807, 2.05) is 38.1 Å². The van der Waals surface area contributed by atoms with E-state index in [1.54, 1.807) is 48.5 Å². The van der Waals surface area contributed by atoms with E-state index < -0.39 is 5.97 Å². The van der Waals surface area contributed by atoms with E-state index in [1.165, 1.54) is 6.21 Å². The highest BCUT2D eigenvalue weighted by Crippen LogP contribution is 2.29. The molecule has 0 aliphatic heterocycles. The number of carbonyl (C=O) groups is 2. The first-order valence-corrected chi connectivity index (χ1v) is 10.1. The molecule has 1 N–H and O–H groups in total. The van der Waals surface area contributed by atoms with Gasteiger partial charge in [0.25, 0.3) is 5.91 Å². The summed E-state index contributed by atoms with van der Waals surface area (Å²) in [4.78, 5) is 24.3. The van der Waals surface area contributed by atoms with Crippen LogP contribution in [0.25, 0.3) is 0 Å². The smallest absolute Gasteiger partial charge is 0.343 e. The molecule has 0 saturated heterocycles. The Kier molecular flexibility index (Phi) is 7.97. The number of hydrogen-bond donors (Lipinski definition) is 1. The van der Waals surface area contributed by atoms with Crippen LogP contribution in [-0.4, -0.2) is 31.3 Å². The standard InChI is InChI=1S/C25H24N2O5/c1-3-30-23-15-19(13-14-22(23)32-25(29)20-10-5-4-6-11-20)16-26-27-24(28)17-31-21-12-8-7-9-18(21)2/h4-16H,3,17H2,1-2H3,(H,27,28)/b26-16-. The highest BCUT2D eigenvalue weighted by atomic mass is 16.6. The molecule has 0 atom stereocenters. The lowest BCUT2D eigenvalue weighted by Gasteiger charge is -2.11. The summed E-state index contributed by atoms with van der Waals surface area (Å²) in [6.45, 7) is 3.98. The SMILES string of the molecule is CCOc1cc(/C=N\NC(=O)COc2ccccc2C)ccc1OC(=O)c1ccccc1. The molecule has 0 unspecified atom stereocenters. The predicted octanol–water partition coefficient (Wildman–Crippen LogP) is 4.14. The summed E-state index contributed by atoms with van der Waals surface area (Å²) in [6.07, 6.45) is 1.47. The highest BCUT2D eigenvalue weighted by Gasteiger charge is 2.13. The number of esters is 1. The van der Waals surface area contributed by atoms with E-state index in [0.29, 0.717) is 35.0 Å². The fraction of sp³-hybridized carbons (Fsp3) is 0.160. The van der Waals surface area contributed by atoms with Gasteiger partial charge in [-0.1, -0.05) is 36.4 Å². The topological polar surface area (TPSA) is 86.2 Å². The van der Waals surface area contributed by atoms with Crippen molar-refractivity contribution in [2.45, 2.75) is 13.8 Å². The van der Waals surface area contributed by atoms with Crippen LogP contribution in [0, 0.1) is 6.92 Å². The van der Waals surface area contributed by atoms with Crippen LogP contribution in [0.15, 0.2) is 77.9 Å². The summed E-state index contributed by atoms with van der Waals surface area (Å²) in [5.74, 6) is 0.480. The second-order valence-corrected chi connectivity index (χ2v) is 6.74. The third kappa shape index (κ3) is 6.43. The van der Waals surface area contributed by atoms with Crippen molar-refractivity contribution in [3.63, 3.8) is 0 Å². The van der Waals surface area contributed by atoms with Gasteiger partial charge in [-0.05, 0) is 61.4 Å². The number of aryl methyl sites for hydroxylation is 1. The zero-order valence-corrected chi connectivity index (χ0v) is 17.9. The number of carbonyl (C=O) groups excluding carboxylic acids is 2. The Labute approximate surface area is 186 Å². The van der Waals surface area contributed by atoms with Gasteiger partial charge in [-0.25, -0.2) is 10.2 Å². The number of amides is 1.